The van der Waals surface area contributed by atoms with Gasteiger partial charge in [-0.15, -0.1) is 0 Å². The Morgan fingerprint density at radius 1 is 1.05 bits per heavy atom. The highest BCUT2D eigenvalue weighted by Gasteiger charge is 2.48. The second-order valence-electron chi connectivity index (χ2n) is 5.01. The molecule has 0 N–H and O–H groups in total. The van der Waals surface area contributed by atoms with Crippen LogP contribution in [0.25, 0.3) is 0 Å². The van der Waals surface area contributed by atoms with Crippen molar-refractivity contribution in [3.8, 4) is 0 Å². The predicted molar refractivity (Wildman–Crippen MR) is 79.7 cm³/mol. The topological polar surface area (TPSA) is 42.3 Å². The predicted octanol–water partition coefficient (Wildman–Crippen LogP) is 2.64. The number of pyridine rings is 1. The molecule has 1 aliphatic heterocycles. The van der Waals surface area contributed by atoms with Gasteiger partial charge in [0.05, 0.1) is 16.1 Å². The Labute approximate surface area is 125 Å². The maximum absolute atomic E-state index is 12.5. The molecule has 102 valence electrons. The van der Waals surface area contributed by atoms with Crippen LogP contribution in [0.1, 0.15) is 28.5 Å². The number of halogens is 1. The van der Waals surface area contributed by atoms with Crippen LogP contribution in [0.5, 0.6) is 0 Å². The molecule has 20 heavy (non-hydrogen) atoms. The maximum Gasteiger partial charge on any atom is 0.283 e. The summed E-state index contributed by atoms with van der Waals surface area (Å²) in [4.78, 5) is 24.8. The smallest absolute Gasteiger partial charge is 0.274 e. The number of nitrogens with zero attached hydrogens (tertiary/aromatic N) is 2. The van der Waals surface area contributed by atoms with E-state index in [9.17, 15) is 9.59 Å². The Hall–Kier alpha value is -1.88. The Balaban J connectivity index is 2.39. The van der Waals surface area contributed by atoms with Gasteiger partial charge in [0.25, 0.3) is 11.5 Å². The van der Waals surface area contributed by atoms with Crippen LogP contribution in [0.15, 0.2) is 47.3 Å². The number of aromatic nitrogens is 1. The van der Waals surface area contributed by atoms with Crippen molar-refractivity contribution in [3.05, 3.63) is 69.6 Å². The number of carbonyl (C=O) groups is 1. The first kappa shape index (κ1) is 13.1. The largest absolute Gasteiger partial charge is 0.283 e. The van der Waals surface area contributed by atoms with E-state index in [-0.39, 0.29) is 11.5 Å². The molecule has 4 nitrogen and oxygen atoms in total. The minimum atomic E-state index is -0.864. The Morgan fingerprint density at radius 2 is 1.70 bits per heavy atom. The van der Waals surface area contributed by atoms with E-state index in [2.05, 4.69) is 16.1 Å². The number of benzene rings is 1. The number of carbonyl (C=O) groups excluding carboxylic acids is 1. The van der Waals surface area contributed by atoms with Crippen molar-refractivity contribution in [2.24, 2.45) is 0 Å². The summed E-state index contributed by atoms with van der Waals surface area (Å²) in [5.41, 5.74) is 1.04. The molecule has 1 aliphatic rings. The third kappa shape index (κ3) is 1.53. The molecule has 0 bridgehead atoms. The van der Waals surface area contributed by atoms with Crippen LogP contribution in [0, 0.1) is 6.92 Å². The zero-order chi connectivity index (χ0) is 14.5. The SMILES string of the molecule is Cc1ccc(=O)n2c1C(=O)N(Br)C2(C)c1ccccc1. The van der Waals surface area contributed by atoms with Crippen molar-refractivity contribution in [3.63, 3.8) is 0 Å². The average molecular weight is 333 g/mol. The molecule has 2 aromatic rings. The fraction of sp³-hybridized carbons (Fsp3) is 0.200. The standard InChI is InChI=1S/C15H13BrN2O2/c1-10-8-9-12(19)17-13(10)14(20)18(16)15(17,2)11-6-4-3-5-7-11/h3-9H,1-2H3. The van der Waals surface area contributed by atoms with Gasteiger partial charge in [0.2, 0.25) is 0 Å². The lowest BCUT2D eigenvalue weighted by Crippen LogP contribution is -2.43. The molecule has 2 heterocycles. The van der Waals surface area contributed by atoms with Crippen molar-refractivity contribution in [2.75, 3.05) is 0 Å². The Bertz CT molecular complexity index is 754. The van der Waals surface area contributed by atoms with E-state index in [1.54, 1.807) is 10.6 Å². The minimum Gasteiger partial charge on any atom is -0.274 e. The summed E-state index contributed by atoms with van der Waals surface area (Å²) < 4.78 is 2.99. The van der Waals surface area contributed by atoms with E-state index >= 15 is 0 Å². The highest BCUT2D eigenvalue weighted by atomic mass is 79.9. The van der Waals surface area contributed by atoms with Gasteiger partial charge in [-0.2, -0.15) is 0 Å². The van der Waals surface area contributed by atoms with E-state index in [0.717, 1.165) is 11.1 Å². The van der Waals surface area contributed by atoms with Crippen molar-refractivity contribution < 1.29 is 4.79 Å². The summed E-state index contributed by atoms with van der Waals surface area (Å²) in [5.74, 6) is -0.202. The summed E-state index contributed by atoms with van der Waals surface area (Å²) in [5, 5.41) is 0. The van der Waals surface area contributed by atoms with Crippen LogP contribution in [-0.2, 0) is 5.66 Å². The van der Waals surface area contributed by atoms with Gasteiger partial charge < -0.3 is 0 Å². The van der Waals surface area contributed by atoms with Gasteiger partial charge in [-0.3, -0.25) is 14.2 Å². The number of aryl methyl sites for hydroxylation is 1. The molecule has 0 saturated heterocycles. The normalized spacial score (nSPS) is 21.1. The second-order valence-corrected chi connectivity index (χ2v) is 5.72. The zero-order valence-electron chi connectivity index (χ0n) is 11.1. The fourth-order valence-corrected chi connectivity index (χ4v) is 3.24. The maximum atomic E-state index is 12.5. The molecule has 1 atom stereocenters. The van der Waals surface area contributed by atoms with Crippen LogP contribution in [0.3, 0.4) is 0 Å². The van der Waals surface area contributed by atoms with Gasteiger partial charge in [0, 0.05) is 6.07 Å². The van der Waals surface area contributed by atoms with Crippen molar-refractivity contribution >= 4 is 22.1 Å². The fourth-order valence-electron chi connectivity index (χ4n) is 2.71. The van der Waals surface area contributed by atoms with Gasteiger partial charge in [-0.05, 0) is 25.0 Å². The van der Waals surface area contributed by atoms with Crippen LogP contribution in [0.4, 0.5) is 0 Å². The first-order valence-electron chi connectivity index (χ1n) is 6.27. The number of amides is 1. The molecule has 3 rings (SSSR count). The molecule has 0 aliphatic carbocycles. The molecule has 1 aromatic carbocycles. The van der Waals surface area contributed by atoms with E-state index in [1.807, 2.05) is 44.2 Å². The van der Waals surface area contributed by atoms with E-state index < -0.39 is 5.66 Å². The molecule has 5 heteroatoms. The number of hydrogen-bond donors (Lipinski definition) is 0. The molecular weight excluding hydrogens is 320 g/mol. The first-order chi connectivity index (χ1) is 9.48. The molecule has 0 radical (unpaired) electrons. The van der Waals surface area contributed by atoms with Crippen LogP contribution >= 0.6 is 16.1 Å². The molecule has 0 saturated carbocycles. The molecule has 1 aromatic heterocycles. The van der Waals surface area contributed by atoms with Gasteiger partial charge in [0.15, 0.2) is 5.66 Å². The number of hydrogen-bond acceptors (Lipinski definition) is 2. The van der Waals surface area contributed by atoms with Crippen molar-refractivity contribution in [2.45, 2.75) is 19.5 Å². The van der Waals surface area contributed by atoms with Crippen LogP contribution in [0.2, 0.25) is 0 Å². The first-order valence-corrected chi connectivity index (χ1v) is 6.98. The van der Waals surface area contributed by atoms with Crippen molar-refractivity contribution in [1.82, 2.24) is 8.49 Å². The number of fused-ring (bicyclic) bond motifs is 1. The van der Waals surface area contributed by atoms with Gasteiger partial charge in [-0.1, -0.05) is 36.4 Å². The highest BCUT2D eigenvalue weighted by molar-refractivity contribution is 9.07. The molecule has 1 amide bonds. The summed E-state index contributed by atoms with van der Waals surface area (Å²) >= 11 is 3.34. The third-order valence-corrected chi connectivity index (χ3v) is 4.83. The van der Waals surface area contributed by atoms with E-state index in [0.29, 0.717) is 5.69 Å². The van der Waals surface area contributed by atoms with Crippen LogP contribution in [-0.4, -0.2) is 14.4 Å². The van der Waals surface area contributed by atoms with E-state index in [1.165, 1.54) is 9.99 Å². The molecule has 0 fully saturated rings. The highest BCUT2D eigenvalue weighted by Crippen LogP contribution is 2.39. The van der Waals surface area contributed by atoms with E-state index in [4.69, 9.17) is 0 Å². The summed E-state index contributed by atoms with van der Waals surface area (Å²) in [6.45, 7) is 3.69. The quantitative estimate of drug-likeness (QED) is 0.753. The second kappa shape index (κ2) is 4.31. The van der Waals surface area contributed by atoms with Crippen molar-refractivity contribution in [1.29, 1.82) is 0 Å². The monoisotopic (exact) mass is 332 g/mol. The minimum absolute atomic E-state index is 0.188. The molecular formula is C15H13BrN2O2. The summed E-state index contributed by atoms with van der Waals surface area (Å²) in [6.07, 6.45) is 0. The average Bonchev–Trinajstić information content (AvgIpc) is 2.68. The Kier molecular flexibility index (Phi) is 2.83. The third-order valence-electron chi connectivity index (χ3n) is 3.81. The lowest BCUT2D eigenvalue weighted by molar-refractivity contribution is 0.0823. The van der Waals surface area contributed by atoms with Gasteiger partial charge >= 0.3 is 0 Å². The van der Waals surface area contributed by atoms with Gasteiger partial charge in [-0.25, -0.2) is 3.93 Å². The molecule has 0 spiro atoms. The Morgan fingerprint density at radius 3 is 2.35 bits per heavy atom. The lowest BCUT2D eigenvalue weighted by Gasteiger charge is -2.32. The van der Waals surface area contributed by atoms with Gasteiger partial charge in [0.1, 0.15) is 5.69 Å². The lowest BCUT2D eigenvalue weighted by atomic mass is 10.0. The summed E-state index contributed by atoms with van der Waals surface area (Å²) in [7, 11) is 0. The number of rotatable bonds is 1. The zero-order valence-corrected chi connectivity index (χ0v) is 12.7. The molecule has 1 unspecified atom stereocenters. The summed E-state index contributed by atoms with van der Waals surface area (Å²) in [6, 6.07) is 12.7. The van der Waals surface area contributed by atoms with Crippen LogP contribution < -0.4 is 5.56 Å².